The minimum absolute atomic E-state index is 0.157. The molecule has 0 saturated heterocycles. The molecule has 1 N–H and O–H groups in total. The highest BCUT2D eigenvalue weighted by Gasteiger charge is 2.20. The van der Waals surface area contributed by atoms with E-state index in [0.717, 1.165) is 37.2 Å². The van der Waals surface area contributed by atoms with Crippen molar-refractivity contribution in [1.29, 1.82) is 0 Å². The van der Waals surface area contributed by atoms with Crippen molar-refractivity contribution in [3.63, 3.8) is 0 Å². The normalized spacial score (nSPS) is 12.6. The topological polar surface area (TPSA) is 50.7 Å². The van der Waals surface area contributed by atoms with Crippen molar-refractivity contribution in [2.45, 2.75) is 46.1 Å². The summed E-state index contributed by atoms with van der Waals surface area (Å²) in [5.74, 6) is 0. The van der Waals surface area contributed by atoms with Gasteiger partial charge in [-0.15, -0.1) is 5.10 Å². The lowest BCUT2D eigenvalue weighted by Crippen LogP contribution is -2.23. The van der Waals surface area contributed by atoms with E-state index in [1.807, 2.05) is 13.1 Å². The highest BCUT2D eigenvalue weighted by molar-refractivity contribution is 7.05. The smallest absolute Gasteiger partial charge is 0.0807 e. The molecule has 108 valence electrons. The van der Waals surface area contributed by atoms with Gasteiger partial charge in [-0.05, 0) is 49.5 Å². The Bertz CT molecular complexity index is 521. The zero-order chi connectivity index (χ0) is 14.4. The molecule has 1 unspecified atom stereocenters. The van der Waals surface area contributed by atoms with E-state index in [2.05, 4.69) is 45.9 Å². The predicted molar refractivity (Wildman–Crippen MR) is 83.0 cm³/mol. The van der Waals surface area contributed by atoms with Gasteiger partial charge in [0, 0.05) is 11.9 Å². The summed E-state index contributed by atoms with van der Waals surface area (Å²) in [6.45, 7) is 7.33. The lowest BCUT2D eigenvalue weighted by molar-refractivity contribution is 0.597. The fourth-order valence-electron chi connectivity index (χ4n) is 2.15. The highest BCUT2D eigenvalue weighted by atomic mass is 32.1. The van der Waals surface area contributed by atoms with Crippen LogP contribution < -0.4 is 5.32 Å². The second kappa shape index (κ2) is 7.45. The zero-order valence-corrected chi connectivity index (χ0v) is 13.2. The molecule has 5 heteroatoms. The van der Waals surface area contributed by atoms with E-state index in [1.54, 1.807) is 0 Å². The number of rotatable bonds is 7. The summed E-state index contributed by atoms with van der Waals surface area (Å²) in [5.41, 5.74) is 3.35. The predicted octanol–water partition coefficient (Wildman–Crippen LogP) is 3.28. The Morgan fingerprint density at radius 2 is 2.10 bits per heavy atom. The Morgan fingerprint density at radius 1 is 1.25 bits per heavy atom. The van der Waals surface area contributed by atoms with E-state index in [9.17, 15) is 0 Å². The lowest BCUT2D eigenvalue weighted by Gasteiger charge is -2.18. The number of hydrogen-bond donors (Lipinski definition) is 1. The quantitative estimate of drug-likeness (QED) is 0.850. The number of aromatic nitrogens is 3. The first-order valence-corrected chi connectivity index (χ1v) is 8.00. The van der Waals surface area contributed by atoms with E-state index in [0.29, 0.717) is 0 Å². The minimum atomic E-state index is 0.157. The van der Waals surface area contributed by atoms with Gasteiger partial charge < -0.3 is 5.32 Å². The molecule has 0 saturated carbocycles. The summed E-state index contributed by atoms with van der Waals surface area (Å²) < 4.78 is 4.14. The Hall–Kier alpha value is -1.33. The monoisotopic (exact) mass is 290 g/mol. The summed E-state index contributed by atoms with van der Waals surface area (Å²) in [6, 6.07) is 4.36. The molecule has 0 radical (unpaired) electrons. The summed E-state index contributed by atoms with van der Waals surface area (Å²) in [7, 11) is 0. The third kappa shape index (κ3) is 3.61. The molecule has 0 fully saturated rings. The number of pyridine rings is 1. The molecule has 2 heterocycles. The van der Waals surface area contributed by atoms with Gasteiger partial charge >= 0.3 is 0 Å². The maximum Gasteiger partial charge on any atom is 0.0807 e. The van der Waals surface area contributed by atoms with Gasteiger partial charge in [-0.25, -0.2) is 0 Å². The van der Waals surface area contributed by atoms with Crippen LogP contribution in [0, 0.1) is 6.92 Å². The molecule has 2 aromatic rings. The standard InChI is InChI=1S/C15H22N4S/c1-4-6-13-15(20-19-18-13)14(16-9-5-2)12-8-7-11(3)17-10-12/h7-8,10,14,16H,4-6,9H2,1-3H3. The van der Waals surface area contributed by atoms with Crippen LogP contribution in [0.4, 0.5) is 0 Å². The molecule has 0 aromatic carbocycles. The molecular weight excluding hydrogens is 268 g/mol. The maximum absolute atomic E-state index is 4.42. The van der Waals surface area contributed by atoms with Crippen molar-refractivity contribution in [1.82, 2.24) is 19.9 Å². The van der Waals surface area contributed by atoms with Gasteiger partial charge in [0.05, 0.1) is 16.6 Å². The molecule has 0 aliphatic heterocycles. The van der Waals surface area contributed by atoms with Crippen molar-refractivity contribution in [2.75, 3.05) is 6.54 Å². The fraction of sp³-hybridized carbons (Fsp3) is 0.533. The average Bonchev–Trinajstić information content (AvgIpc) is 2.90. The summed E-state index contributed by atoms with van der Waals surface area (Å²) in [6.07, 6.45) is 5.13. The largest absolute Gasteiger partial charge is 0.305 e. The molecule has 1 atom stereocenters. The molecular formula is C15H22N4S. The SMILES string of the molecule is CCCNC(c1ccc(C)nc1)c1snnc1CCC. The zero-order valence-electron chi connectivity index (χ0n) is 12.4. The van der Waals surface area contributed by atoms with Crippen LogP contribution in [0.5, 0.6) is 0 Å². The highest BCUT2D eigenvalue weighted by Crippen LogP contribution is 2.27. The molecule has 2 aromatic heterocycles. The first kappa shape index (κ1) is 15.1. The molecule has 0 aliphatic carbocycles. The van der Waals surface area contributed by atoms with Crippen LogP contribution in [0.2, 0.25) is 0 Å². The van der Waals surface area contributed by atoms with E-state index >= 15 is 0 Å². The number of nitrogens with zero attached hydrogens (tertiary/aromatic N) is 3. The molecule has 0 amide bonds. The van der Waals surface area contributed by atoms with Gasteiger partial charge in [0.1, 0.15) is 0 Å². The van der Waals surface area contributed by atoms with E-state index in [4.69, 9.17) is 0 Å². The number of nitrogens with one attached hydrogen (secondary N) is 1. The van der Waals surface area contributed by atoms with Gasteiger partial charge in [0.25, 0.3) is 0 Å². The lowest BCUT2D eigenvalue weighted by atomic mass is 10.0. The molecule has 20 heavy (non-hydrogen) atoms. The van der Waals surface area contributed by atoms with Gasteiger partial charge in [-0.3, -0.25) is 4.98 Å². The molecule has 2 rings (SSSR count). The third-order valence-electron chi connectivity index (χ3n) is 3.20. The van der Waals surface area contributed by atoms with Crippen molar-refractivity contribution < 1.29 is 0 Å². The Morgan fingerprint density at radius 3 is 2.75 bits per heavy atom. The number of hydrogen-bond acceptors (Lipinski definition) is 5. The molecule has 0 spiro atoms. The van der Waals surface area contributed by atoms with Crippen molar-refractivity contribution in [3.8, 4) is 0 Å². The van der Waals surface area contributed by atoms with Crippen molar-refractivity contribution >= 4 is 11.5 Å². The Labute approximate surface area is 124 Å². The summed E-state index contributed by atoms with van der Waals surface area (Å²) in [4.78, 5) is 5.65. The third-order valence-corrected chi connectivity index (χ3v) is 4.03. The van der Waals surface area contributed by atoms with Crippen LogP contribution in [0.25, 0.3) is 0 Å². The molecule has 0 aliphatic rings. The second-order valence-electron chi connectivity index (χ2n) is 4.95. The van der Waals surface area contributed by atoms with Crippen LogP contribution in [0.1, 0.15) is 54.6 Å². The van der Waals surface area contributed by atoms with Gasteiger partial charge in [0.15, 0.2) is 0 Å². The van der Waals surface area contributed by atoms with E-state index < -0.39 is 0 Å². The van der Waals surface area contributed by atoms with Gasteiger partial charge in [0.2, 0.25) is 0 Å². The minimum Gasteiger partial charge on any atom is -0.305 e. The van der Waals surface area contributed by atoms with Crippen LogP contribution in [-0.4, -0.2) is 21.1 Å². The van der Waals surface area contributed by atoms with Crippen molar-refractivity contribution in [3.05, 3.63) is 40.2 Å². The molecule has 4 nitrogen and oxygen atoms in total. The second-order valence-corrected chi connectivity index (χ2v) is 5.74. The Kier molecular flexibility index (Phi) is 5.61. The number of aryl methyl sites for hydroxylation is 2. The van der Waals surface area contributed by atoms with Crippen LogP contribution in [-0.2, 0) is 6.42 Å². The molecule has 0 bridgehead atoms. The van der Waals surface area contributed by atoms with Gasteiger partial charge in [-0.1, -0.05) is 30.8 Å². The van der Waals surface area contributed by atoms with Gasteiger partial charge in [-0.2, -0.15) is 0 Å². The first-order chi connectivity index (χ1) is 9.76. The van der Waals surface area contributed by atoms with Crippen LogP contribution in [0.3, 0.4) is 0 Å². The maximum atomic E-state index is 4.42. The van der Waals surface area contributed by atoms with E-state index in [1.165, 1.54) is 22.0 Å². The first-order valence-electron chi connectivity index (χ1n) is 7.23. The van der Waals surface area contributed by atoms with Crippen molar-refractivity contribution in [2.24, 2.45) is 0 Å². The average molecular weight is 290 g/mol. The summed E-state index contributed by atoms with van der Waals surface area (Å²) >= 11 is 1.50. The van der Waals surface area contributed by atoms with Crippen LogP contribution in [0.15, 0.2) is 18.3 Å². The summed E-state index contributed by atoms with van der Waals surface area (Å²) in [5, 5.41) is 7.88. The van der Waals surface area contributed by atoms with Crippen LogP contribution >= 0.6 is 11.5 Å². The Balaban J connectivity index is 2.31. The van der Waals surface area contributed by atoms with E-state index in [-0.39, 0.29) is 6.04 Å². The fourth-order valence-corrected chi connectivity index (χ4v) is 2.95.